The average Bonchev–Trinajstić information content (AvgIpc) is 3.10. The fraction of sp³-hybridized carbons (Fsp3) is 0.733. The van der Waals surface area contributed by atoms with Gasteiger partial charge in [0.15, 0.2) is 5.13 Å². The molecule has 3 rings (SSSR count). The van der Waals surface area contributed by atoms with Crippen LogP contribution >= 0.6 is 11.3 Å². The van der Waals surface area contributed by atoms with Gasteiger partial charge < -0.3 is 16.0 Å². The quantitative estimate of drug-likeness (QED) is 0.900. The van der Waals surface area contributed by atoms with Crippen LogP contribution in [0.4, 0.5) is 10.9 Å². The van der Waals surface area contributed by atoms with Gasteiger partial charge in [-0.05, 0) is 44.4 Å². The van der Waals surface area contributed by atoms with Crippen LogP contribution in [-0.4, -0.2) is 30.0 Å². The molecule has 0 unspecified atom stereocenters. The van der Waals surface area contributed by atoms with E-state index >= 15 is 0 Å². The van der Waals surface area contributed by atoms with Gasteiger partial charge in [0, 0.05) is 19.1 Å². The van der Waals surface area contributed by atoms with Crippen LogP contribution in [0, 0.1) is 5.92 Å². The molecular weight excluding hydrogens is 284 g/mol. The average molecular weight is 308 g/mol. The Morgan fingerprint density at radius 3 is 2.62 bits per heavy atom. The Labute approximate surface area is 129 Å². The second-order valence-electron chi connectivity index (χ2n) is 6.34. The number of nitrogens with two attached hydrogens (primary N) is 1. The Hall–Kier alpha value is -1.30. The van der Waals surface area contributed by atoms with Crippen molar-refractivity contribution in [2.24, 2.45) is 5.92 Å². The zero-order valence-electron chi connectivity index (χ0n) is 12.6. The highest BCUT2D eigenvalue weighted by atomic mass is 32.1. The maximum atomic E-state index is 12.4. The Bertz CT molecular complexity index is 502. The molecule has 2 fully saturated rings. The third-order valence-corrected chi connectivity index (χ3v) is 5.71. The van der Waals surface area contributed by atoms with Crippen LogP contribution in [0.15, 0.2) is 0 Å². The number of carbonyl (C=O) groups is 1. The van der Waals surface area contributed by atoms with Crippen molar-refractivity contribution in [3.05, 3.63) is 4.88 Å². The highest BCUT2D eigenvalue weighted by Crippen LogP contribution is 2.31. The minimum atomic E-state index is -0.0463. The number of aromatic nitrogens is 1. The van der Waals surface area contributed by atoms with Gasteiger partial charge >= 0.3 is 0 Å². The number of nitrogens with one attached hydrogen (secondary N) is 1. The molecule has 3 N–H and O–H groups in total. The van der Waals surface area contributed by atoms with Crippen molar-refractivity contribution in [3.63, 3.8) is 0 Å². The maximum Gasteiger partial charge on any atom is 0.265 e. The SMILES string of the molecule is CC1CCC(NC(=O)c2sc(N3CCCC3)nc2N)CC1. The zero-order chi connectivity index (χ0) is 14.8. The van der Waals surface area contributed by atoms with Gasteiger partial charge in [0.25, 0.3) is 5.91 Å². The molecule has 0 spiro atoms. The van der Waals surface area contributed by atoms with Gasteiger partial charge in [0.05, 0.1) is 0 Å². The van der Waals surface area contributed by atoms with Crippen molar-refractivity contribution in [1.29, 1.82) is 0 Å². The molecule has 0 bridgehead atoms. The van der Waals surface area contributed by atoms with Gasteiger partial charge in [-0.15, -0.1) is 0 Å². The fourth-order valence-electron chi connectivity index (χ4n) is 3.18. The first-order valence-electron chi connectivity index (χ1n) is 7.95. The lowest BCUT2D eigenvalue weighted by Gasteiger charge is -2.26. The summed E-state index contributed by atoms with van der Waals surface area (Å²) in [4.78, 5) is 19.6. The molecule has 2 heterocycles. The Kier molecular flexibility index (Phi) is 4.33. The number of amides is 1. The minimum Gasteiger partial charge on any atom is -0.382 e. The van der Waals surface area contributed by atoms with Crippen LogP contribution in [0.2, 0.25) is 0 Å². The predicted octanol–water partition coefficient (Wildman–Crippen LogP) is 2.63. The molecule has 0 radical (unpaired) electrons. The number of rotatable bonds is 3. The second-order valence-corrected chi connectivity index (χ2v) is 7.31. The summed E-state index contributed by atoms with van der Waals surface area (Å²) in [5.41, 5.74) is 5.95. The number of hydrogen-bond acceptors (Lipinski definition) is 5. The highest BCUT2D eigenvalue weighted by molar-refractivity contribution is 7.18. The molecule has 1 aromatic rings. The molecule has 21 heavy (non-hydrogen) atoms. The number of nitrogen functional groups attached to an aromatic ring is 1. The Morgan fingerprint density at radius 1 is 1.29 bits per heavy atom. The Balaban J connectivity index is 1.64. The van der Waals surface area contributed by atoms with Crippen molar-refractivity contribution < 1.29 is 4.79 Å². The summed E-state index contributed by atoms with van der Waals surface area (Å²) in [6.45, 7) is 4.32. The number of anilines is 2. The molecular formula is C15H24N4OS. The summed E-state index contributed by atoms with van der Waals surface area (Å²) in [6, 6.07) is 0.297. The second kappa shape index (κ2) is 6.22. The van der Waals surface area contributed by atoms with E-state index in [0.717, 1.165) is 37.0 Å². The molecule has 6 heteroatoms. The lowest BCUT2D eigenvalue weighted by Crippen LogP contribution is -2.37. The minimum absolute atomic E-state index is 0.0463. The van der Waals surface area contributed by atoms with Crippen molar-refractivity contribution in [2.45, 2.75) is 51.5 Å². The molecule has 5 nitrogen and oxygen atoms in total. The molecule has 1 saturated carbocycles. The third-order valence-electron chi connectivity index (χ3n) is 4.58. The number of carbonyl (C=O) groups excluding carboxylic acids is 1. The summed E-state index contributed by atoms with van der Waals surface area (Å²) in [5.74, 6) is 1.12. The van der Waals surface area contributed by atoms with Crippen LogP contribution in [0.1, 0.15) is 55.1 Å². The first-order chi connectivity index (χ1) is 10.1. The van der Waals surface area contributed by atoms with Crippen LogP contribution in [0.3, 0.4) is 0 Å². The van der Waals surface area contributed by atoms with Crippen molar-refractivity contribution >= 4 is 28.2 Å². The fourth-order valence-corrected chi connectivity index (χ4v) is 4.12. The van der Waals surface area contributed by atoms with E-state index in [0.29, 0.717) is 16.7 Å². The van der Waals surface area contributed by atoms with Crippen molar-refractivity contribution in [3.8, 4) is 0 Å². The zero-order valence-corrected chi connectivity index (χ0v) is 13.4. The van der Waals surface area contributed by atoms with Gasteiger partial charge in [-0.25, -0.2) is 4.98 Å². The van der Waals surface area contributed by atoms with E-state index < -0.39 is 0 Å². The molecule has 1 saturated heterocycles. The Morgan fingerprint density at radius 2 is 1.95 bits per heavy atom. The van der Waals surface area contributed by atoms with Gasteiger partial charge in [-0.2, -0.15) is 0 Å². The predicted molar refractivity (Wildman–Crippen MR) is 86.9 cm³/mol. The standard InChI is InChI=1S/C15H24N4OS/c1-10-4-6-11(7-5-10)17-14(20)12-13(16)18-15(21-12)19-8-2-3-9-19/h10-11H,2-9,16H2,1H3,(H,17,20). The van der Waals surface area contributed by atoms with Gasteiger partial charge in [0.2, 0.25) is 0 Å². The summed E-state index contributed by atoms with van der Waals surface area (Å²) in [5, 5.41) is 4.03. The largest absolute Gasteiger partial charge is 0.382 e. The van der Waals surface area contributed by atoms with E-state index in [1.165, 1.54) is 37.0 Å². The van der Waals surface area contributed by atoms with Crippen LogP contribution in [0.25, 0.3) is 0 Å². The summed E-state index contributed by atoms with van der Waals surface area (Å²) in [7, 11) is 0. The van der Waals surface area contributed by atoms with E-state index in [2.05, 4.69) is 22.1 Å². The topological polar surface area (TPSA) is 71.2 Å². The molecule has 0 atom stereocenters. The maximum absolute atomic E-state index is 12.4. The van der Waals surface area contributed by atoms with Gasteiger partial charge in [-0.3, -0.25) is 4.79 Å². The molecule has 2 aliphatic rings. The molecule has 0 aromatic carbocycles. The normalized spacial score (nSPS) is 26.0. The number of thiazole rings is 1. The highest BCUT2D eigenvalue weighted by Gasteiger charge is 2.25. The first-order valence-corrected chi connectivity index (χ1v) is 8.77. The smallest absolute Gasteiger partial charge is 0.265 e. The molecule has 1 amide bonds. The first kappa shape index (κ1) is 14.6. The van der Waals surface area contributed by atoms with E-state index in [4.69, 9.17) is 5.73 Å². The van der Waals surface area contributed by atoms with Crippen LogP contribution in [-0.2, 0) is 0 Å². The van der Waals surface area contributed by atoms with E-state index in [9.17, 15) is 4.79 Å². The van der Waals surface area contributed by atoms with E-state index in [1.807, 2.05) is 0 Å². The van der Waals surface area contributed by atoms with Crippen molar-refractivity contribution in [2.75, 3.05) is 23.7 Å². The third kappa shape index (κ3) is 3.31. The molecule has 1 aliphatic heterocycles. The van der Waals surface area contributed by atoms with E-state index in [1.54, 1.807) is 0 Å². The van der Waals surface area contributed by atoms with E-state index in [-0.39, 0.29) is 5.91 Å². The molecule has 116 valence electrons. The summed E-state index contributed by atoms with van der Waals surface area (Å²) in [6.07, 6.45) is 6.93. The summed E-state index contributed by atoms with van der Waals surface area (Å²) < 4.78 is 0. The van der Waals surface area contributed by atoms with Gasteiger partial charge in [-0.1, -0.05) is 18.3 Å². The molecule has 1 aromatic heterocycles. The summed E-state index contributed by atoms with van der Waals surface area (Å²) >= 11 is 1.43. The van der Waals surface area contributed by atoms with Gasteiger partial charge in [0.1, 0.15) is 10.7 Å². The molecule has 1 aliphatic carbocycles. The number of hydrogen-bond donors (Lipinski definition) is 2. The van der Waals surface area contributed by atoms with Crippen molar-refractivity contribution in [1.82, 2.24) is 10.3 Å². The van der Waals surface area contributed by atoms with Crippen LogP contribution in [0.5, 0.6) is 0 Å². The number of nitrogens with zero attached hydrogens (tertiary/aromatic N) is 2. The lowest BCUT2D eigenvalue weighted by atomic mass is 9.87. The monoisotopic (exact) mass is 308 g/mol. The lowest BCUT2D eigenvalue weighted by molar-refractivity contribution is 0.0928. The van der Waals surface area contributed by atoms with Crippen LogP contribution < -0.4 is 16.0 Å².